The summed E-state index contributed by atoms with van der Waals surface area (Å²) in [5.41, 5.74) is 1.05. The van der Waals surface area contributed by atoms with Gasteiger partial charge in [-0.25, -0.2) is 9.97 Å². The Hall–Kier alpha value is -1.17. The summed E-state index contributed by atoms with van der Waals surface area (Å²) in [4.78, 5) is 9.04. The van der Waals surface area contributed by atoms with Crippen molar-refractivity contribution < 1.29 is 4.21 Å². The molecule has 0 aromatic carbocycles. The first-order chi connectivity index (χ1) is 9.13. The van der Waals surface area contributed by atoms with Crippen molar-refractivity contribution in [1.29, 1.82) is 0 Å². The molecule has 2 N–H and O–H groups in total. The van der Waals surface area contributed by atoms with E-state index in [1.54, 1.807) is 0 Å². The van der Waals surface area contributed by atoms with Crippen LogP contribution < -0.4 is 10.6 Å². The second kappa shape index (κ2) is 6.32. The molecule has 1 aliphatic heterocycles. The van der Waals surface area contributed by atoms with Gasteiger partial charge < -0.3 is 10.6 Å². The number of hydrogen-bond acceptors (Lipinski definition) is 5. The second-order valence-electron chi connectivity index (χ2n) is 4.83. The predicted octanol–water partition coefficient (Wildman–Crippen LogP) is 1.71. The van der Waals surface area contributed by atoms with Gasteiger partial charge in [0.15, 0.2) is 0 Å². The number of aromatic nitrogens is 2. The molecule has 5 nitrogen and oxygen atoms in total. The topological polar surface area (TPSA) is 66.9 Å². The molecule has 2 heterocycles. The van der Waals surface area contributed by atoms with Crippen molar-refractivity contribution in [3.63, 3.8) is 0 Å². The minimum absolute atomic E-state index is 0.376. The Kier molecular flexibility index (Phi) is 4.74. The van der Waals surface area contributed by atoms with E-state index in [9.17, 15) is 4.21 Å². The fourth-order valence-corrected chi connectivity index (χ4v) is 3.54. The lowest BCUT2D eigenvalue weighted by molar-refractivity contribution is 0.621. The SMILES string of the molecule is CCc1nc(NC)c(C)c(NC2CCS(=O)CC2)n1. The van der Waals surface area contributed by atoms with Gasteiger partial charge in [-0.2, -0.15) is 0 Å². The van der Waals surface area contributed by atoms with Crippen LogP contribution in [0.4, 0.5) is 11.6 Å². The van der Waals surface area contributed by atoms with E-state index in [1.807, 2.05) is 14.0 Å². The molecule has 6 heteroatoms. The predicted molar refractivity (Wildman–Crippen MR) is 80.2 cm³/mol. The molecule has 1 aromatic heterocycles. The summed E-state index contributed by atoms with van der Waals surface area (Å²) in [5, 5.41) is 6.61. The molecule has 1 aromatic rings. The van der Waals surface area contributed by atoms with E-state index in [0.29, 0.717) is 6.04 Å². The Balaban J connectivity index is 2.16. The Morgan fingerprint density at radius 2 is 1.89 bits per heavy atom. The minimum Gasteiger partial charge on any atom is -0.373 e. The van der Waals surface area contributed by atoms with Crippen LogP contribution in [0.3, 0.4) is 0 Å². The molecule has 0 radical (unpaired) electrons. The third-order valence-electron chi connectivity index (χ3n) is 3.47. The average molecular weight is 282 g/mol. The van der Waals surface area contributed by atoms with E-state index < -0.39 is 10.8 Å². The molecule has 1 saturated heterocycles. The van der Waals surface area contributed by atoms with E-state index in [1.165, 1.54) is 0 Å². The molecule has 2 rings (SSSR count). The van der Waals surface area contributed by atoms with Crippen LogP contribution in [0.25, 0.3) is 0 Å². The Morgan fingerprint density at radius 1 is 1.26 bits per heavy atom. The zero-order valence-corrected chi connectivity index (χ0v) is 12.6. The number of anilines is 2. The first-order valence-electron chi connectivity index (χ1n) is 6.80. The van der Waals surface area contributed by atoms with Crippen molar-refractivity contribution in [2.24, 2.45) is 0 Å². The summed E-state index contributed by atoms with van der Waals surface area (Å²) < 4.78 is 11.4. The van der Waals surface area contributed by atoms with Crippen LogP contribution in [-0.4, -0.2) is 38.8 Å². The van der Waals surface area contributed by atoms with E-state index in [4.69, 9.17) is 0 Å². The monoisotopic (exact) mass is 282 g/mol. The normalized spacial score (nSPS) is 23.1. The lowest BCUT2D eigenvalue weighted by Gasteiger charge is -2.24. The van der Waals surface area contributed by atoms with Crippen LogP contribution in [0.5, 0.6) is 0 Å². The summed E-state index contributed by atoms with van der Waals surface area (Å²) in [5.74, 6) is 4.22. The van der Waals surface area contributed by atoms with E-state index in [-0.39, 0.29) is 0 Å². The molecule has 0 bridgehead atoms. The first-order valence-corrected chi connectivity index (χ1v) is 8.29. The van der Waals surface area contributed by atoms with E-state index in [0.717, 1.165) is 53.8 Å². The summed E-state index contributed by atoms with van der Waals surface area (Å²) in [6, 6.07) is 0.376. The third-order valence-corrected chi connectivity index (χ3v) is 4.86. The maximum Gasteiger partial charge on any atom is 0.134 e. The lowest BCUT2D eigenvalue weighted by Crippen LogP contribution is -2.30. The van der Waals surface area contributed by atoms with Crippen molar-refractivity contribution in [1.82, 2.24) is 9.97 Å². The molecule has 0 saturated carbocycles. The number of rotatable bonds is 4. The highest BCUT2D eigenvalue weighted by molar-refractivity contribution is 7.85. The third kappa shape index (κ3) is 3.43. The zero-order chi connectivity index (χ0) is 13.8. The van der Waals surface area contributed by atoms with Gasteiger partial charge in [-0.1, -0.05) is 6.92 Å². The highest BCUT2D eigenvalue weighted by atomic mass is 32.2. The molecule has 106 valence electrons. The summed E-state index contributed by atoms with van der Waals surface area (Å²) >= 11 is 0. The van der Waals surface area contributed by atoms with Crippen molar-refractivity contribution in [2.45, 2.75) is 39.2 Å². The molecule has 0 amide bonds. The van der Waals surface area contributed by atoms with Gasteiger partial charge in [0.25, 0.3) is 0 Å². The maximum atomic E-state index is 11.4. The molecular formula is C13H22N4OS. The number of hydrogen-bond donors (Lipinski definition) is 2. The van der Waals surface area contributed by atoms with Crippen LogP contribution in [0.2, 0.25) is 0 Å². The van der Waals surface area contributed by atoms with Crippen LogP contribution in [-0.2, 0) is 17.2 Å². The number of nitrogens with zero attached hydrogens (tertiary/aromatic N) is 2. The molecule has 0 atom stereocenters. The van der Waals surface area contributed by atoms with Gasteiger partial charge in [-0.15, -0.1) is 0 Å². The molecule has 19 heavy (non-hydrogen) atoms. The standard InChI is InChI=1S/C13H22N4OS/c1-4-11-16-12(14-3)9(2)13(17-11)15-10-5-7-19(18)8-6-10/h10H,4-8H2,1-3H3,(H2,14,15,16,17). The summed E-state index contributed by atoms with van der Waals surface area (Å²) in [7, 11) is 1.26. The van der Waals surface area contributed by atoms with Gasteiger partial charge in [0.2, 0.25) is 0 Å². The van der Waals surface area contributed by atoms with Gasteiger partial charge >= 0.3 is 0 Å². The summed E-state index contributed by atoms with van der Waals surface area (Å²) in [6.07, 6.45) is 2.72. The zero-order valence-electron chi connectivity index (χ0n) is 11.8. The van der Waals surface area contributed by atoms with Gasteiger partial charge in [0.05, 0.1) is 0 Å². The smallest absolute Gasteiger partial charge is 0.134 e. The average Bonchev–Trinajstić information content (AvgIpc) is 2.43. The summed E-state index contributed by atoms with van der Waals surface area (Å²) in [6.45, 7) is 4.08. The van der Waals surface area contributed by atoms with Gasteiger partial charge in [-0.05, 0) is 19.8 Å². The molecule has 0 unspecified atom stereocenters. The van der Waals surface area contributed by atoms with Gasteiger partial charge in [0, 0.05) is 47.4 Å². The molecule has 0 spiro atoms. The fourth-order valence-electron chi connectivity index (χ4n) is 2.24. The van der Waals surface area contributed by atoms with E-state index >= 15 is 0 Å². The maximum absolute atomic E-state index is 11.4. The van der Waals surface area contributed by atoms with Gasteiger partial charge in [0.1, 0.15) is 17.5 Å². The van der Waals surface area contributed by atoms with Crippen LogP contribution in [0.1, 0.15) is 31.2 Å². The quantitative estimate of drug-likeness (QED) is 0.880. The Morgan fingerprint density at radius 3 is 2.47 bits per heavy atom. The fraction of sp³-hybridized carbons (Fsp3) is 0.692. The van der Waals surface area contributed by atoms with Crippen molar-refractivity contribution in [3.8, 4) is 0 Å². The van der Waals surface area contributed by atoms with Gasteiger partial charge in [-0.3, -0.25) is 4.21 Å². The molecule has 1 fully saturated rings. The lowest BCUT2D eigenvalue weighted by atomic mass is 10.1. The van der Waals surface area contributed by atoms with E-state index in [2.05, 4.69) is 27.5 Å². The van der Waals surface area contributed by atoms with Crippen molar-refractivity contribution in [2.75, 3.05) is 29.2 Å². The van der Waals surface area contributed by atoms with Crippen LogP contribution in [0.15, 0.2) is 0 Å². The minimum atomic E-state index is -0.621. The highest BCUT2D eigenvalue weighted by Gasteiger charge is 2.19. The number of aryl methyl sites for hydroxylation is 1. The molecule has 1 aliphatic rings. The second-order valence-corrected chi connectivity index (χ2v) is 6.53. The van der Waals surface area contributed by atoms with Crippen molar-refractivity contribution in [3.05, 3.63) is 11.4 Å². The van der Waals surface area contributed by atoms with Crippen LogP contribution >= 0.6 is 0 Å². The molecule has 0 aliphatic carbocycles. The highest BCUT2D eigenvalue weighted by Crippen LogP contribution is 2.22. The number of nitrogens with one attached hydrogen (secondary N) is 2. The largest absolute Gasteiger partial charge is 0.373 e. The Bertz CT molecular complexity index is 468. The Labute approximate surface area is 117 Å². The van der Waals surface area contributed by atoms with Crippen LogP contribution in [0, 0.1) is 6.92 Å². The first kappa shape index (κ1) is 14.2. The molecular weight excluding hydrogens is 260 g/mol. The van der Waals surface area contributed by atoms with Crippen molar-refractivity contribution >= 4 is 22.4 Å².